The fourth-order valence-electron chi connectivity index (χ4n) is 4.09. The van der Waals surface area contributed by atoms with Gasteiger partial charge < -0.3 is 19.1 Å². The quantitative estimate of drug-likeness (QED) is 0.429. The minimum absolute atomic E-state index is 0.00193. The van der Waals surface area contributed by atoms with Crippen molar-refractivity contribution in [3.63, 3.8) is 0 Å². The zero-order chi connectivity index (χ0) is 23.3. The fourth-order valence-corrected chi connectivity index (χ4v) is 4.09. The van der Waals surface area contributed by atoms with Gasteiger partial charge in [0, 0.05) is 43.0 Å². The molecule has 1 saturated heterocycles. The Bertz CT molecular complexity index is 1250. The fraction of sp³-hybridized carbons (Fsp3) is 0.222. The van der Waals surface area contributed by atoms with Crippen molar-refractivity contribution < 1.29 is 14.1 Å². The number of piperazine rings is 1. The number of ether oxygens (including phenoxy) is 1. The summed E-state index contributed by atoms with van der Waals surface area (Å²) in [5, 5.41) is 4.05. The lowest BCUT2D eigenvalue weighted by atomic mass is 10.1. The molecule has 1 aromatic heterocycles. The van der Waals surface area contributed by atoms with E-state index in [1.54, 1.807) is 0 Å². The number of nitrogens with zero attached hydrogens (tertiary/aromatic N) is 4. The van der Waals surface area contributed by atoms with E-state index in [2.05, 4.69) is 40.2 Å². The standard InChI is InChI=1S/C27H26N4O3/c1-20-7-5-6-10-24(20)30-15-17-31(18-16-30)25(32)19-33-23-13-11-22(12-14-23)27-28-26(29-34-27)21-8-3-2-4-9-21/h2-14H,15-19H2,1H3. The molecule has 1 fully saturated rings. The Labute approximate surface area is 198 Å². The first-order chi connectivity index (χ1) is 16.7. The topological polar surface area (TPSA) is 71.7 Å². The number of rotatable bonds is 6. The average molecular weight is 455 g/mol. The van der Waals surface area contributed by atoms with Gasteiger partial charge in [0.1, 0.15) is 5.75 Å². The Morgan fingerprint density at radius 2 is 1.59 bits per heavy atom. The van der Waals surface area contributed by atoms with Crippen LogP contribution in [-0.4, -0.2) is 53.7 Å². The second-order valence-electron chi connectivity index (χ2n) is 8.26. The molecule has 0 radical (unpaired) electrons. The number of carbonyl (C=O) groups excluding carboxylic acids is 1. The van der Waals surface area contributed by atoms with Crippen LogP contribution in [0.15, 0.2) is 83.4 Å². The first kappa shape index (κ1) is 21.7. The normalized spacial score (nSPS) is 13.7. The second-order valence-corrected chi connectivity index (χ2v) is 8.26. The minimum Gasteiger partial charge on any atom is -0.484 e. The Morgan fingerprint density at radius 1 is 0.882 bits per heavy atom. The molecule has 0 aliphatic carbocycles. The van der Waals surface area contributed by atoms with Gasteiger partial charge in [-0.25, -0.2) is 0 Å². The third-order valence-corrected chi connectivity index (χ3v) is 6.01. The van der Waals surface area contributed by atoms with Gasteiger partial charge in [0.2, 0.25) is 5.82 Å². The molecule has 1 aliphatic rings. The molecule has 34 heavy (non-hydrogen) atoms. The van der Waals surface area contributed by atoms with Crippen molar-refractivity contribution in [1.82, 2.24) is 15.0 Å². The SMILES string of the molecule is Cc1ccccc1N1CCN(C(=O)COc2ccc(-c3nc(-c4ccccc4)no3)cc2)CC1. The first-order valence-electron chi connectivity index (χ1n) is 11.4. The average Bonchev–Trinajstić information content (AvgIpc) is 3.39. The van der Waals surface area contributed by atoms with Crippen molar-refractivity contribution in [2.45, 2.75) is 6.92 Å². The highest BCUT2D eigenvalue weighted by Gasteiger charge is 2.22. The van der Waals surface area contributed by atoms with Crippen LogP contribution in [-0.2, 0) is 4.79 Å². The van der Waals surface area contributed by atoms with E-state index in [9.17, 15) is 4.79 Å². The summed E-state index contributed by atoms with van der Waals surface area (Å²) >= 11 is 0. The van der Waals surface area contributed by atoms with Crippen LogP contribution in [0.25, 0.3) is 22.8 Å². The molecule has 0 bridgehead atoms. The van der Waals surface area contributed by atoms with Gasteiger partial charge in [-0.1, -0.05) is 53.7 Å². The number of hydrogen-bond acceptors (Lipinski definition) is 6. The maximum atomic E-state index is 12.7. The second kappa shape index (κ2) is 9.79. The highest BCUT2D eigenvalue weighted by atomic mass is 16.5. The summed E-state index contributed by atoms with van der Waals surface area (Å²) in [4.78, 5) is 21.3. The summed E-state index contributed by atoms with van der Waals surface area (Å²) in [6.45, 7) is 5.16. The Morgan fingerprint density at radius 3 is 2.32 bits per heavy atom. The lowest BCUT2D eigenvalue weighted by Crippen LogP contribution is -2.50. The van der Waals surface area contributed by atoms with Gasteiger partial charge in [-0.2, -0.15) is 4.98 Å². The largest absolute Gasteiger partial charge is 0.484 e. The van der Waals surface area contributed by atoms with E-state index in [-0.39, 0.29) is 12.5 Å². The monoisotopic (exact) mass is 454 g/mol. The third kappa shape index (κ3) is 4.78. The van der Waals surface area contributed by atoms with Crippen molar-refractivity contribution in [2.24, 2.45) is 0 Å². The zero-order valence-electron chi connectivity index (χ0n) is 19.1. The summed E-state index contributed by atoms with van der Waals surface area (Å²) in [6.07, 6.45) is 0. The van der Waals surface area contributed by atoms with Crippen LogP contribution in [0.2, 0.25) is 0 Å². The van der Waals surface area contributed by atoms with Crippen molar-refractivity contribution in [3.05, 3.63) is 84.4 Å². The molecule has 4 aromatic rings. The summed E-state index contributed by atoms with van der Waals surface area (Å²) in [5.41, 5.74) is 4.19. The van der Waals surface area contributed by atoms with Gasteiger partial charge in [-0.05, 0) is 42.8 Å². The van der Waals surface area contributed by atoms with Crippen LogP contribution < -0.4 is 9.64 Å². The third-order valence-electron chi connectivity index (χ3n) is 6.01. The number of aromatic nitrogens is 2. The molecule has 0 N–H and O–H groups in total. The van der Waals surface area contributed by atoms with Crippen LogP contribution in [0.3, 0.4) is 0 Å². The number of aryl methyl sites for hydroxylation is 1. The van der Waals surface area contributed by atoms with E-state index in [1.165, 1.54) is 11.3 Å². The van der Waals surface area contributed by atoms with Crippen molar-refractivity contribution >= 4 is 11.6 Å². The number of benzene rings is 3. The molecule has 0 saturated carbocycles. The van der Waals surface area contributed by atoms with E-state index in [4.69, 9.17) is 9.26 Å². The van der Waals surface area contributed by atoms with E-state index in [0.717, 1.165) is 24.2 Å². The number of carbonyl (C=O) groups is 1. The van der Waals surface area contributed by atoms with Crippen molar-refractivity contribution in [1.29, 1.82) is 0 Å². The van der Waals surface area contributed by atoms with Crippen LogP contribution in [0.4, 0.5) is 5.69 Å². The lowest BCUT2D eigenvalue weighted by Gasteiger charge is -2.36. The van der Waals surface area contributed by atoms with Crippen LogP contribution >= 0.6 is 0 Å². The predicted molar refractivity (Wildman–Crippen MR) is 131 cm³/mol. The van der Waals surface area contributed by atoms with Crippen LogP contribution in [0.1, 0.15) is 5.56 Å². The van der Waals surface area contributed by atoms with Crippen LogP contribution in [0, 0.1) is 6.92 Å². The summed E-state index contributed by atoms with van der Waals surface area (Å²) in [5.74, 6) is 1.61. The smallest absolute Gasteiger partial charge is 0.260 e. The predicted octanol–water partition coefficient (Wildman–Crippen LogP) is 4.44. The number of amides is 1. The lowest BCUT2D eigenvalue weighted by molar-refractivity contribution is -0.133. The summed E-state index contributed by atoms with van der Waals surface area (Å²) in [7, 11) is 0. The molecule has 1 amide bonds. The molecule has 0 unspecified atom stereocenters. The number of anilines is 1. The zero-order valence-corrected chi connectivity index (χ0v) is 19.1. The van der Waals surface area contributed by atoms with E-state index in [0.29, 0.717) is 30.6 Å². The van der Waals surface area contributed by atoms with Gasteiger partial charge in [0.25, 0.3) is 11.8 Å². The van der Waals surface area contributed by atoms with Gasteiger partial charge in [-0.3, -0.25) is 4.79 Å². The minimum atomic E-state index is -0.00193. The maximum absolute atomic E-state index is 12.7. The van der Waals surface area contributed by atoms with Gasteiger partial charge in [0.15, 0.2) is 6.61 Å². The van der Waals surface area contributed by atoms with Gasteiger partial charge in [0.05, 0.1) is 0 Å². The van der Waals surface area contributed by atoms with Crippen LogP contribution in [0.5, 0.6) is 5.75 Å². The first-order valence-corrected chi connectivity index (χ1v) is 11.4. The highest BCUT2D eigenvalue weighted by molar-refractivity contribution is 5.78. The molecule has 7 nitrogen and oxygen atoms in total. The molecule has 3 aromatic carbocycles. The molecule has 5 rings (SSSR count). The maximum Gasteiger partial charge on any atom is 0.260 e. The molecule has 1 aliphatic heterocycles. The highest BCUT2D eigenvalue weighted by Crippen LogP contribution is 2.24. The molecule has 2 heterocycles. The van der Waals surface area contributed by atoms with Crippen molar-refractivity contribution in [3.8, 4) is 28.6 Å². The Kier molecular flexibility index (Phi) is 6.25. The van der Waals surface area contributed by atoms with Gasteiger partial charge >= 0.3 is 0 Å². The van der Waals surface area contributed by atoms with E-state index < -0.39 is 0 Å². The molecule has 0 atom stereocenters. The Balaban J connectivity index is 1.13. The molecule has 172 valence electrons. The van der Waals surface area contributed by atoms with Crippen molar-refractivity contribution in [2.75, 3.05) is 37.7 Å². The number of hydrogen-bond donors (Lipinski definition) is 0. The number of para-hydroxylation sites is 1. The van der Waals surface area contributed by atoms with E-state index >= 15 is 0 Å². The van der Waals surface area contributed by atoms with Gasteiger partial charge in [-0.15, -0.1) is 0 Å². The Hall–Kier alpha value is -4.13. The summed E-state index contributed by atoms with van der Waals surface area (Å²) < 4.78 is 11.1. The molecular weight excluding hydrogens is 428 g/mol. The molecule has 0 spiro atoms. The molecular formula is C27H26N4O3. The summed E-state index contributed by atoms with van der Waals surface area (Å²) in [6, 6.07) is 25.4. The van der Waals surface area contributed by atoms with E-state index in [1.807, 2.05) is 65.6 Å². The molecule has 7 heteroatoms.